The Kier molecular flexibility index (Phi) is 6.14. The molecule has 3 rings (SSSR count). The molecule has 0 aliphatic carbocycles. The van der Waals surface area contributed by atoms with Gasteiger partial charge in [-0.15, -0.1) is 13.2 Å². The summed E-state index contributed by atoms with van der Waals surface area (Å²) in [5.74, 6) is -3.44. The normalized spacial score (nSPS) is 12.0. The molecular weight excluding hydrogens is 505 g/mol. The Labute approximate surface area is 182 Å². The van der Waals surface area contributed by atoms with Crippen molar-refractivity contribution in [2.75, 3.05) is 7.05 Å². The molecule has 0 saturated carbocycles. The topological polar surface area (TPSA) is 106 Å². The maximum Gasteiger partial charge on any atom is 0.573 e. The number of hydrogen-bond donors (Lipinski definition) is 2. The van der Waals surface area contributed by atoms with E-state index in [0.717, 1.165) is 6.07 Å². The highest BCUT2D eigenvalue weighted by molar-refractivity contribution is 9.10. The van der Waals surface area contributed by atoms with Crippen LogP contribution in [0.5, 0.6) is 11.5 Å². The number of aromatic hydroxyl groups is 1. The number of hydrogen-bond acceptors (Lipinski definition) is 6. The van der Waals surface area contributed by atoms with Gasteiger partial charge in [-0.05, 0) is 30.3 Å². The smallest absolute Gasteiger partial charge is 0.507 e. The molecule has 0 radical (unpaired) electrons. The van der Waals surface area contributed by atoms with Crippen LogP contribution in [0.3, 0.4) is 0 Å². The molecule has 2 N–H and O–H groups in total. The van der Waals surface area contributed by atoms with Crippen molar-refractivity contribution in [1.82, 2.24) is 10.3 Å². The minimum absolute atomic E-state index is 0.152. The number of benzene rings is 2. The lowest BCUT2D eigenvalue weighted by Gasteiger charge is -2.15. The Morgan fingerprint density at radius 1 is 1.26 bits per heavy atom. The number of halogens is 4. The van der Waals surface area contributed by atoms with Gasteiger partial charge in [0.25, 0.3) is 5.91 Å². The van der Waals surface area contributed by atoms with E-state index in [9.17, 15) is 31.5 Å². The first-order valence-corrected chi connectivity index (χ1v) is 11.0. The van der Waals surface area contributed by atoms with Gasteiger partial charge in [-0.25, -0.2) is 8.42 Å². The summed E-state index contributed by atoms with van der Waals surface area (Å²) < 4.78 is 68.6. The molecule has 0 unspecified atom stereocenters. The first-order chi connectivity index (χ1) is 14.4. The second kappa shape index (κ2) is 8.35. The summed E-state index contributed by atoms with van der Waals surface area (Å²) in [7, 11) is -3.01. The summed E-state index contributed by atoms with van der Waals surface area (Å²) in [6, 6.07) is 7.61. The fraction of sp³-hybridized carbons (Fsp3) is 0.158. The maximum absolute atomic E-state index is 13.1. The quantitative estimate of drug-likeness (QED) is 0.530. The number of carbonyl (C=O) groups excluding carboxylic acids is 1. The van der Waals surface area contributed by atoms with Crippen molar-refractivity contribution in [1.29, 1.82) is 0 Å². The molecule has 0 aliphatic rings. The summed E-state index contributed by atoms with van der Waals surface area (Å²) in [5, 5.41) is 13.1. The fourth-order valence-electron chi connectivity index (χ4n) is 2.92. The number of pyridine rings is 1. The highest BCUT2D eigenvalue weighted by Gasteiger charge is 2.33. The Hall–Kier alpha value is -2.86. The lowest BCUT2D eigenvalue weighted by atomic mass is 10.1. The van der Waals surface area contributed by atoms with Crippen molar-refractivity contribution in [2.24, 2.45) is 0 Å². The SMILES string of the molecule is CNC(=O)c1cc(OC(F)(F)F)cc(CS(=O)(=O)c2cc(Br)cc3cccnc23)c1O. The van der Waals surface area contributed by atoms with Gasteiger partial charge in [0.2, 0.25) is 0 Å². The molecule has 0 saturated heterocycles. The van der Waals surface area contributed by atoms with Gasteiger partial charge in [0, 0.05) is 28.7 Å². The zero-order valence-corrected chi connectivity index (χ0v) is 18.1. The van der Waals surface area contributed by atoms with Gasteiger partial charge >= 0.3 is 6.36 Å². The summed E-state index contributed by atoms with van der Waals surface area (Å²) in [6.07, 6.45) is -3.69. The minimum Gasteiger partial charge on any atom is -0.507 e. The summed E-state index contributed by atoms with van der Waals surface area (Å²) >= 11 is 3.22. The van der Waals surface area contributed by atoms with Gasteiger partial charge < -0.3 is 15.2 Å². The van der Waals surface area contributed by atoms with Crippen molar-refractivity contribution in [3.05, 3.63) is 58.2 Å². The third-order valence-electron chi connectivity index (χ3n) is 4.18. The number of fused-ring (bicyclic) bond motifs is 1. The minimum atomic E-state index is -5.09. The van der Waals surface area contributed by atoms with Crippen molar-refractivity contribution in [3.63, 3.8) is 0 Å². The molecule has 3 aromatic rings. The maximum atomic E-state index is 13.1. The second-order valence-corrected chi connectivity index (χ2v) is 9.22. The fourth-order valence-corrected chi connectivity index (χ4v) is 5.10. The van der Waals surface area contributed by atoms with E-state index in [1.165, 1.54) is 19.3 Å². The van der Waals surface area contributed by atoms with E-state index >= 15 is 0 Å². The number of phenols is 1. The number of nitrogens with zero attached hydrogens (tertiary/aromatic N) is 1. The lowest BCUT2D eigenvalue weighted by molar-refractivity contribution is -0.274. The van der Waals surface area contributed by atoms with Crippen LogP contribution >= 0.6 is 15.9 Å². The molecule has 0 fully saturated rings. The number of ether oxygens (including phenoxy) is 1. The summed E-state index contributed by atoms with van der Waals surface area (Å²) in [4.78, 5) is 15.9. The standard InChI is InChI=1S/C19H14BrF3N2O5S/c1-24-18(27)14-8-13(30-19(21,22)23)6-11(17(14)26)9-31(28,29)15-7-12(20)5-10-3-2-4-25-16(10)15/h2-8,26H,9H2,1H3,(H,24,27). The number of amides is 1. The van der Waals surface area contributed by atoms with Crippen molar-refractivity contribution in [2.45, 2.75) is 17.0 Å². The highest BCUT2D eigenvalue weighted by Crippen LogP contribution is 2.35. The van der Waals surface area contributed by atoms with Gasteiger partial charge in [-0.3, -0.25) is 9.78 Å². The van der Waals surface area contributed by atoms with Crippen LogP contribution in [0.2, 0.25) is 0 Å². The summed E-state index contributed by atoms with van der Waals surface area (Å²) in [6.45, 7) is 0. The van der Waals surface area contributed by atoms with Gasteiger partial charge in [0.1, 0.15) is 11.5 Å². The molecule has 0 bridgehead atoms. The molecule has 1 aromatic heterocycles. The number of nitrogens with one attached hydrogen (secondary N) is 1. The molecule has 0 atom stereocenters. The first kappa shape index (κ1) is 22.8. The van der Waals surface area contributed by atoms with Crippen molar-refractivity contribution in [3.8, 4) is 11.5 Å². The van der Waals surface area contributed by atoms with Gasteiger partial charge in [-0.1, -0.05) is 22.0 Å². The van der Waals surface area contributed by atoms with E-state index < -0.39 is 50.5 Å². The molecule has 1 amide bonds. The molecule has 31 heavy (non-hydrogen) atoms. The molecule has 0 spiro atoms. The zero-order valence-electron chi connectivity index (χ0n) is 15.7. The Bertz CT molecular complexity index is 1280. The van der Waals surface area contributed by atoms with E-state index in [1.54, 1.807) is 18.2 Å². The first-order valence-electron chi connectivity index (χ1n) is 8.52. The average molecular weight is 519 g/mol. The predicted molar refractivity (Wildman–Crippen MR) is 109 cm³/mol. The number of aromatic nitrogens is 1. The van der Waals surface area contributed by atoms with Crippen LogP contribution < -0.4 is 10.1 Å². The number of phenolic OH excluding ortho intramolecular Hbond substituents is 1. The van der Waals surface area contributed by atoms with Crippen LogP contribution in [-0.2, 0) is 15.6 Å². The monoisotopic (exact) mass is 518 g/mol. The molecule has 2 aromatic carbocycles. The lowest BCUT2D eigenvalue weighted by Crippen LogP contribution is -2.21. The van der Waals surface area contributed by atoms with E-state index in [0.29, 0.717) is 15.9 Å². The number of rotatable bonds is 5. The van der Waals surface area contributed by atoms with E-state index in [1.807, 2.05) is 0 Å². The van der Waals surface area contributed by atoms with Crippen LogP contribution in [0.1, 0.15) is 15.9 Å². The van der Waals surface area contributed by atoms with Crippen molar-refractivity contribution >= 4 is 42.6 Å². The van der Waals surface area contributed by atoms with E-state index in [4.69, 9.17) is 0 Å². The van der Waals surface area contributed by atoms with Crippen LogP contribution in [0, 0.1) is 0 Å². The molecule has 12 heteroatoms. The van der Waals surface area contributed by atoms with Gasteiger partial charge in [0.15, 0.2) is 9.84 Å². The van der Waals surface area contributed by atoms with Crippen LogP contribution in [-0.4, -0.2) is 37.8 Å². The number of alkyl halides is 3. The van der Waals surface area contributed by atoms with E-state index in [-0.39, 0.29) is 10.4 Å². The second-order valence-electron chi connectivity index (χ2n) is 6.34. The Balaban J connectivity index is 2.15. The summed E-state index contributed by atoms with van der Waals surface area (Å²) in [5.41, 5.74) is -0.851. The number of sulfone groups is 1. The Morgan fingerprint density at radius 3 is 2.61 bits per heavy atom. The zero-order chi connectivity index (χ0) is 23.0. The highest BCUT2D eigenvalue weighted by atomic mass is 79.9. The molecule has 0 aliphatic heterocycles. The Morgan fingerprint density at radius 2 is 1.97 bits per heavy atom. The van der Waals surface area contributed by atoms with Crippen LogP contribution in [0.4, 0.5) is 13.2 Å². The largest absolute Gasteiger partial charge is 0.573 e. The molecule has 1 heterocycles. The van der Waals surface area contributed by atoms with Crippen LogP contribution in [0.25, 0.3) is 10.9 Å². The van der Waals surface area contributed by atoms with Gasteiger partial charge in [-0.2, -0.15) is 0 Å². The predicted octanol–water partition coefficient (Wildman–Crippen LogP) is 3.94. The van der Waals surface area contributed by atoms with Crippen molar-refractivity contribution < 1.29 is 36.2 Å². The molecular formula is C19H14BrF3N2O5S. The average Bonchev–Trinajstić information content (AvgIpc) is 2.67. The third-order valence-corrected chi connectivity index (χ3v) is 6.31. The van der Waals surface area contributed by atoms with E-state index in [2.05, 4.69) is 31.0 Å². The number of carbonyl (C=O) groups is 1. The van der Waals surface area contributed by atoms with Crippen LogP contribution in [0.15, 0.2) is 52.0 Å². The molecule has 164 valence electrons. The molecule has 7 nitrogen and oxygen atoms in total. The van der Waals surface area contributed by atoms with Gasteiger partial charge in [0.05, 0.1) is 21.7 Å². The third kappa shape index (κ3) is 5.07.